The summed E-state index contributed by atoms with van der Waals surface area (Å²) >= 11 is 0. The fourth-order valence-corrected chi connectivity index (χ4v) is 3.64. The van der Waals surface area contributed by atoms with Crippen molar-refractivity contribution in [2.45, 2.75) is 51.0 Å². The summed E-state index contributed by atoms with van der Waals surface area (Å²) in [5, 5.41) is 3.67. The van der Waals surface area contributed by atoms with Gasteiger partial charge in [0.25, 0.3) is 0 Å². The summed E-state index contributed by atoms with van der Waals surface area (Å²) in [6.45, 7) is 3.22. The summed E-state index contributed by atoms with van der Waals surface area (Å²) in [4.78, 5) is 0. The van der Waals surface area contributed by atoms with Gasteiger partial charge in [-0.15, -0.1) is 0 Å². The summed E-state index contributed by atoms with van der Waals surface area (Å²) < 4.78 is 10.4. The molecule has 2 aliphatic rings. The highest BCUT2D eigenvalue weighted by Crippen LogP contribution is 2.40. The Morgan fingerprint density at radius 1 is 0.944 bits per heavy atom. The molecule has 2 rings (SSSR count). The molecular weight excluding hydrogens is 226 g/mol. The molecule has 0 aromatic carbocycles. The zero-order valence-electron chi connectivity index (χ0n) is 11.8. The van der Waals surface area contributed by atoms with Crippen molar-refractivity contribution >= 4 is 0 Å². The van der Waals surface area contributed by atoms with Crippen molar-refractivity contribution in [2.24, 2.45) is 11.8 Å². The average Bonchev–Trinajstić information content (AvgIpc) is 2.42. The Kier molecular flexibility index (Phi) is 6.46. The molecule has 0 amide bonds. The molecule has 0 bridgehead atoms. The maximum absolute atomic E-state index is 5.48. The monoisotopic (exact) mass is 255 g/mol. The first-order valence-corrected chi connectivity index (χ1v) is 7.70. The minimum atomic E-state index is 0.702. The van der Waals surface area contributed by atoms with Crippen LogP contribution in [0, 0.1) is 11.8 Å². The van der Waals surface area contributed by atoms with Gasteiger partial charge in [0.15, 0.2) is 0 Å². The van der Waals surface area contributed by atoms with Crippen LogP contribution in [0.15, 0.2) is 0 Å². The van der Waals surface area contributed by atoms with E-state index in [9.17, 15) is 0 Å². The minimum absolute atomic E-state index is 0.702. The Labute approximate surface area is 112 Å². The SMILES string of the molecule is COCCOCCNC1CCC2CCCCC2C1. The number of rotatable bonds is 7. The van der Waals surface area contributed by atoms with Gasteiger partial charge in [-0.25, -0.2) is 0 Å². The minimum Gasteiger partial charge on any atom is -0.382 e. The van der Waals surface area contributed by atoms with E-state index in [1.165, 1.54) is 44.9 Å². The number of hydrogen-bond donors (Lipinski definition) is 1. The molecule has 0 saturated heterocycles. The van der Waals surface area contributed by atoms with Crippen molar-refractivity contribution in [3.8, 4) is 0 Å². The molecule has 3 nitrogen and oxygen atoms in total. The van der Waals surface area contributed by atoms with Gasteiger partial charge in [-0.1, -0.05) is 25.7 Å². The van der Waals surface area contributed by atoms with Gasteiger partial charge < -0.3 is 14.8 Å². The Bertz CT molecular complexity index is 223. The summed E-state index contributed by atoms with van der Waals surface area (Å²) in [7, 11) is 1.71. The first-order valence-electron chi connectivity index (χ1n) is 7.70. The third-order valence-electron chi connectivity index (χ3n) is 4.65. The van der Waals surface area contributed by atoms with Crippen molar-refractivity contribution in [3.05, 3.63) is 0 Å². The van der Waals surface area contributed by atoms with Crippen LogP contribution in [0.2, 0.25) is 0 Å². The highest BCUT2D eigenvalue weighted by atomic mass is 16.5. The first kappa shape index (κ1) is 14.3. The van der Waals surface area contributed by atoms with Crippen LogP contribution in [-0.2, 0) is 9.47 Å². The zero-order valence-corrected chi connectivity index (χ0v) is 11.8. The largest absolute Gasteiger partial charge is 0.382 e. The highest BCUT2D eigenvalue weighted by molar-refractivity contribution is 4.86. The molecule has 18 heavy (non-hydrogen) atoms. The maximum atomic E-state index is 5.48. The second-order valence-corrected chi connectivity index (χ2v) is 5.87. The average molecular weight is 255 g/mol. The molecule has 0 aromatic heterocycles. The molecular formula is C15H29NO2. The lowest BCUT2D eigenvalue weighted by molar-refractivity contribution is 0.0683. The lowest BCUT2D eigenvalue weighted by atomic mass is 9.69. The number of ether oxygens (including phenoxy) is 2. The fraction of sp³-hybridized carbons (Fsp3) is 1.00. The molecule has 3 atom stereocenters. The van der Waals surface area contributed by atoms with E-state index in [0.29, 0.717) is 13.2 Å². The molecule has 2 fully saturated rings. The van der Waals surface area contributed by atoms with E-state index < -0.39 is 0 Å². The Morgan fingerprint density at radius 2 is 1.78 bits per heavy atom. The molecule has 0 spiro atoms. The van der Waals surface area contributed by atoms with Crippen molar-refractivity contribution in [2.75, 3.05) is 33.5 Å². The van der Waals surface area contributed by atoms with Crippen LogP contribution in [0.3, 0.4) is 0 Å². The third-order valence-corrected chi connectivity index (χ3v) is 4.65. The first-order chi connectivity index (χ1) is 8.90. The lowest BCUT2D eigenvalue weighted by Crippen LogP contribution is -2.40. The summed E-state index contributed by atoms with van der Waals surface area (Å²) in [5.41, 5.74) is 0. The summed E-state index contributed by atoms with van der Waals surface area (Å²) in [6.07, 6.45) is 10.2. The van der Waals surface area contributed by atoms with Gasteiger partial charge in [0, 0.05) is 19.7 Å². The zero-order chi connectivity index (χ0) is 12.6. The van der Waals surface area contributed by atoms with Crippen LogP contribution < -0.4 is 5.32 Å². The number of methoxy groups -OCH3 is 1. The molecule has 1 N–H and O–H groups in total. The van der Waals surface area contributed by atoms with Gasteiger partial charge in [0.1, 0.15) is 0 Å². The van der Waals surface area contributed by atoms with Crippen molar-refractivity contribution in [3.63, 3.8) is 0 Å². The maximum Gasteiger partial charge on any atom is 0.0700 e. The van der Waals surface area contributed by atoms with Crippen LogP contribution >= 0.6 is 0 Å². The van der Waals surface area contributed by atoms with E-state index in [1.807, 2.05) is 0 Å². The van der Waals surface area contributed by atoms with E-state index in [2.05, 4.69) is 5.32 Å². The Balaban J connectivity index is 1.54. The lowest BCUT2D eigenvalue weighted by Gasteiger charge is -2.39. The van der Waals surface area contributed by atoms with Gasteiger partial charge in [0.2, 0.25) is 0 Å². The molecule has 0 radical (unpaired) electrons. The predicted octanol–water partition coefficient (Wildman–Crippen LogP) is 2.60. The normalized spacial score (nSPS) is 32.2. The smallest absolute Gasteiger partial charge is 0.0700 e. The Hall–Kier alpha value is -0.120. The van der Waals surface area contributed by atoms with Crippen LogP contribution in [0.1, 0.15) is 44.9 Å². The van der Waals surface area contributed by atoms with E-state index >= 15 is 0 Å². The highest BCUT2D eigenvalue weighted by Gasteiger charge is 2.31. The number of fused-ring (bicyclic) bond motifs is 1. The summed E-state index contributed by atoms with van der Waals surface area (Å²) in [5.74, 6) is 2.06. The second kappa shape index (κ2) is 8.13. The molecule has 2 saturated carbocycles. The Morgan fingerprint density at radius 3 is 2.61 bits per heavy atom. The fourth-order valence-electron chi connectivity index (χ4n) is 3.64. The van der Waals surface area contributed by atoms with Crippen LogP contribution in [0.4, 0.5) is 0 Å². The standard InChI is InChI=1S/C15H29NO2/c1-17-10-11-18-9-8-16-15-7-6-13-4-2-3-5-14(13)12-15/h13-16H,2-12H2,1H3. The molecule has 0 heterocycles. The van der Waals surface area contributed by atoms with Crippen molar-refractivity contribution in [1.82, 2.24) is 5.32 Å². The van der Waals surface area contributed by atoms with Gasteiger partial charge in [-0.2, -0.15) is 0 Å². The van der Waals surface area contributed by atoms with Crippen molar-refractivity contribution in [1.29, 1.82) is 0 Å². The molecule has 3 heteroatoms. The van der Waals surface area contributed by atoms with E-state index in [0.717, 1.165) is 31.0 Å². The van der Waals surface area contributed by atoms with Crippen LogP contribution in [-0.4, -0.2) is 39.5 Å². The van der Waals surface area contributed by atoms with Crippen molar-refractivity contribution < 1.29 is 9.47 Å². The number of hydrogen-bond acceptors (Lipinski definition) is 3. The molecule has 0 aliphatic heterocycles. The quantitative estimate of drug-likeness (QED) is 0.709. The van der Waals surface area contributed by atoms with Gasteiger partial charge in [-0.3, -0.25) is 0 Å². The van der Waals surface area contributed by atoms with Gasteiger partial charge in [0.05, 0.1) is 19.8 Å². The third kappa shape index (κ3) is 4.52. The second-order valence-electron chi connectivity index (χ2n) is 5.87. The van der Waals surface area contributed by atoms with E-state index in [-0.39, 0.29) is 0 Å². The van der Waals surface area contributed by atoms with Gasteiger partial charge in [-0.05, 0) is 31.1 Å². The van der Waals surface area contributed by atoms with Crippen LogP contribution in [0.5, 0.6) is 0 Å². The van der Waals surface area contributed by atoms with E-state index in [4.69, 9.17) is 9.47 Å². The topological polar surface area (TPSA) is 30.5 Å². The molecule has 3 unspecified atom stereocenters. The summed E-state index contributed by atoms with van der Waals surface area (Å²) in [6, 6.07) is 0.746. The molecule has 106 valence electrons. The molecule has 0 aromatic rings. The van der Waals surface area contributed by atoms with Crippen LogP contribution in [0.25, 0.3) is 0 Å². The molecule has 2 aliphatic carbocycles. The van der Waals surface area contributed by atoms with E-state index in [1.54, 1.807) is 7.11 Å². The predicted molar refractivity (Wildman–Crippen MR) is 73.8 cm³/mol. The number of nitrogens with one attached hydrogen (secondary N) is 1. The van der Waals surface area contributed by atoms with Gasteiger partial charge >= 0.3 is 0 Å².